The molecule has 0 aliphatic heterocycles. The van der Waals surface area contributed by atoms with Crippen molar-refractivity contribution in [2.75, 3.05) is 26.0 Å². The van der Waals surface area contributed by atoms with Crippen LogP contribution < -0.4 is 5.32 Å². The third-order valence-corrected chi connectivity index (χ3v) is 5.50. The summed E-state index contributed by atoms with van der Waals surface area (Å²) >= 11 is 0. The Morgan fingerprint density at radius 2 is 1.85 bits per heavy atom. The molecule has 0 radical (unpaired) electrons. The lowest BCUT2D eigenvalue weighted by Crippen LogP contribution is -2.23. The van der Waals surface area contributed by atoms with E-state index in [1.165, 1.54) is 24.2 Å². The van der Waals surface area contributed by atoms with Gasteiger partial charge in [0.1, 0.15) is 0 Å². The van der Waals surface area contributed by atoms with Crippen LogP contribution in [0.4, 0.5) is 5.69 Å². The van der Waals surface area contributed by atoms with Gasteiger partial charge in [-0.2, -0.15) is 0 Å². The molecule has 1 aromatic carbocycles. The number of hydrogen-bond donors (Lipinski definition) is 1. The van der Waals surface area contributed by atoms with Crippen molar-refractivity contribution in [1.29, 1.82) is 0 Å². The highest BCUT2D eigenvalue weighted by molar-refractivity contribution is 5.96. The van der Waals surface area contributed by atoms with E-state index in [2.05, 4.69) is 5.32 Å². The number of amides is 2. The maximum absolute atomic E-state index is 12.0. The number of benzene rings is 1. The number of nitrogens with zero attached hydrogens (tertiary/aromatic N) is 1. The van der Waals surface area contributed by atoms with E-state index >= 15 is 0 Å². The number of carbonyl (C=O) groups excluding carboxylic acids is 3. The fourth-order valence-corrected chi connectivity index (χ4v) is 4.20. The molecular formula is C20H26N2O4. The number of carbonyl (C=O) groups is 3. The number of nitrogens with one attached hydrogen (secondary N) is 1. The first-order chi connectivity index (χ1) is 12.4. The van der Waals surface area contributed by atoms with E-state index in [0.29, 0.717) is 29.5 Å². The zero-order chi connectivity index (χ0) is 18.7. The molecule has 3 atom stereocenters. The molecule has 140 valence electrons. The van der Waals surface area contributed by atoms with Gasteiger partial charge < -0.3 is 15.0 Å². The first-order valence-electron chi connectivity index (χ1n) is 9.19. The molecule has 0 aromatic heterocycles. The van der Waals surface area contributed by atoms with Crippen molar-refractivity contribution in [2.24, 2.45) is 17.8 Å². The Morgan fingerprint density at radius 3 is 2.42 bits per heavy atom. The molecule has 1 aromatic rings. The van der Waals surface area contributed by atoms with Crippen LogP contribution in [0.25, 0.3) is 0 Å². The molecule has 1 N–H and O–H groups in total. The van der Waals surface area contributed by atoms with Gasteiger partial charge in [0.05, 0.1) is 0 Å². The molecule has 0 saturated heterocycles. The predicted octanol–water partition coefficient (Wildman–Crippen LogP) is 2.70. The molecule has 2 bridgehead atoms. The number of fused-ring (bicyclic) bond motifs is 2. The summed E-state index contributed by atoms with van der Waals surface area (Å²) in [4.78, 5) is 37.2. The minimum Gasteiger partial charge on any atom is -0.456 e. The van der Waals surface area contributed by atoms with Crippen molar-refractivity contribution < 1.29 is 19.1 Å². The maximum atomic E-state index is 12.0. The van der Waals surface area contributed by atoms with Crippen LogP contribution in [0.5, 0.6) is 0 Å². The van der Waals surface area contributed by atoms with Gasteiger partial charge in [-0.1, -0.05) is 6.42 Å². The van der Waals surface area contributed by atoms with Crippen LogP contribution >= 0.6 is 0 Å². The number of rotatable bonds is 6. The SMILES string of the molecule is CN(C)C(=O)c1ccc(NC(=O)COC(=O)C[C@@H]2C[C@@H]3CC[C@@H]2C3)cc1. The molecular weight excluding hydrogens is 332 g/mol. The van der Waals surface area contributed by atoms with E-state index in [0.717, 1.165) is 12.3 Å². The second-order valence-electron chi connectivity index (χ2n) is 7.62. The van der Waals surface area contributed by atoms with Crippen LogP contribution in [0.1, 0.15) is 42.5 Å². The van der Waals surface area contributed by atoms with Gasteiger partial charge in [-0.05, 0) is 61.3 Å². The second-order valence-corrected chi connectivity index (χ2v) is 7.62. The highest BCUT2D eigenvalue weighted by Crippen LogP contribution is 2.49. The number of anilines is 1. The Bertz CT molecular complexity index is 684. The van der Waals surface area contributed by atoms with Crippen LogP contribution in [-0.2, 0) is 14.3 Å². The standard InChI is InChI=1S/C20H26N2O4/c1-22(2)20(25)14-5-7-17(8-6-14)21-18(23)12-26-19(24)11-16-10-13-3-4-15(16)9-13/h5-8,13,15-16H,3-4,9-12H2,1-2H3,(H,21,23)/t13-,15-,16+/m1/s1. The zero-order valence-electron chi connectivity index (χ0n) is 15.4. The van der Waals surface area contributed by atoms with Gasteiger partial charge in [0, 0.05) is 31.8 Å². The van der Waals surface area contributed by atoms with Gasteiger partial charge in [-0.25, -0.2) is 0 Å². The maximum Gasteiger partial charge on any atom is 0.306 e. The Hall–Kier alpha value is -2.37. The molecule has 2 aliphatic carbocycles. The van der Waals surface area contributed by atoms with Crippen molar-refractivity contribution in [3.8, 4) is 0 Å². The molecule has 6 nitrogen and oxygen atoms in total. The Labute approximate surface area is 153 Å². The molecule has 0 unspecified atom stereocenters. The van der Waals surface area contributed by atoms with Crippen molar-refractivity contribution in [3.05, 3.63) is 29.8 Å². The molecule has 6 heteroatoms. The smallest absolute Gasteiger partial charge is 0.306 e. The Morgan fingerprint density at radius 1 is 1.12 bits per heavy atom. The monoisotopic (exact) mass is 358 g/mol. The molecule has 2 fully saturated rings. The Kier molecular flexibility index (Phi) is 5.59. The lowest BCUT2D eigenvalue weighted by atomic mass is 9.86. The van der Waals surface area contributed by atoms with Crippen LogP contribution in [0.2, 0.25) is 0 Å². The number of hydrogen-bond acceptors (Lipinski definition) is 4. The zero-order valence-corrected chi connectivity index (χ0v) is 15.4. The van der Waals surface area contributed by atoms with Gasteiger partial charge >= 0.3 is 5.97 Å². The predicted molar refractivity (Wildman–Crippen MR) is 97.6 cm³/mol. The summed E-state index contributed by atoms with van der Waals surface area (Å²) in [7, 11) is 3.37. The summed E-state index contributed by atoms with van der Waals surface area (Å²) in [6.07, 6.45) is 5.34. The fraction of sp³-hybridized carbons (Fsp3) is 0.550. The molecule has 0 heterocycles. The summed E-state index contributed by atoms with van der Waals surface area (Å²) in [6, 6.07) is 6.62. The minimum atomic E-state index is -0.377. The molecule has 2 amide bonds. The second kappa shape index (κ2) is 7.89. The van der Waals surface area contributed by atoms with Crippen LogP contribution in [0.15, 0.2) is 24.3 Å². The highest BCUT2D eigenvalue weighted by Gasteiger charge is 2.40. The van der Waals surface area contributed by atoms with Gasteiger partial charge in [-0.3, -0.25) is 14.4 Å². The van der Waals surface area contributed by atoms with Gasteiger partial charge in [-0.15, -0.1) is 0 Å². The molecule has 26 heavy (non-hydrogen) atoms. The first-order valence-corrected chi connectivity index (χ1v) is 9.19. The van der Waals surface area contributed by atoms with E-state index in [4.69, 9.17) is 4.74 Å². The number of esters is 1. The quantitative estimate of drug-likeness (QED) is 0.794. The van der Waals surface area contributed by atoms with Gasteiger partial charge in [0.2, 0.25) is 0 Å². The van der Waals surface area contributed by atoms with Crippen LogP contribution in [0.3, 0.4) is 0 Å². The summed E-state index contributed by atoms with van der Waals surface area (Å²) in [5.74, 6) is 1.14. The summed E-state index contributed by atoms with van der Waals surface area (Å²) in [6.45, 7) is -0.280. The van der Waals surface area contributed by atoms with Gasteiger partial charge in [0.25, 0.3) is 11.8 Å². The van der Waals surface area contributed by atoms with E-state index in [9.17, 15) is 14.4 Å². The van der Waals surface area contributed by atoms with Crippen molar-refractivity contribution in [3.63, 3.8) is 0 Å². The van der Waals surface area contributed by atoms with Crippen molar-refractivity contribution >= 4 is 23.5 Å². The third kappa shape index (κ3) is 4.42. The van der Waals surface area contributed by atoms with E-state index in [1.54, 1.807) is 38.4 Å². The summed E-state index contributed by atoms with van der Waals surface area (Å²) in [5, 5.41) is 2.67. The molecule has 3 rings (SSSR count). The Balaban J connectivity index is 1.41. The lowest BCUT2D eigenvalue weighted by Gasteiger charge is -2.20. The largest absolute Gasteiger partial charge is 0.456 e. The van der Waals surface area contributed by atoms with Crippen LogP contribution in [0, 0.1) is 17.8 Å². The normalized spacial score (nSPS) is 23.5. The first kappa shape index (κ1) is 18.4. The molecule has 2 aliphatic rings. The van der Waals surface area contributed by atoms with Gasteiger partial charge in [0.15, 0.2) is 6.61 Å². The lowest BCUT2D eigenvalue weighted by molar-refractivity contribution is -0.148. The molecule has 0 spiro atoms. The average molecular weight is 358 g/mol. The summed E-state index contributed by atoms with van der Waals surface area (Å²) < 4.78 is 5.13. The fourth-order valence-electron chi connectivity index (χ4n) is 4.20. The number of ether oxygens (including phenoxy) is 1. The summed E-state index contributed by atoms with van der Waals surface area (Å²) in [5.41, 5.74) is 1.11. The molecule has 2 saturated carbocycles. The van der Waals surface area contributed by atoms with Crippen molar-refractivity contribution in [2.45, 2.75) is 32.1 Å². The topological polar surface area (TPSA) is 75.7 Å². The van der Waals surface area contributed by atoms with Crippen molar-refractivity contribution in [1.82, 2.24) is 4.90 Å². The van der Waals surface area contributed by atoms with E-state index in [-0.39, 0.29) is 24.4 Å². The van der Waals surface area contributed by atoms with Crippen LogP contribution in [-0.4, -0.2) is 43.4 Å². The van der Waals surface area contributed by atoms with E-state index < -0.39 is 0 Å². The highest BCUT2D eigenvalue weighted by atomic mass is 16.5. The van der Waals surface area contributed by atoms with E-state index in [1.807, 2.05) is 0 Å². The minimum absolute atomic E-state index is 0.0996. The average Bonchev–Trinajstić information content (AvgIpc) is 3.23. The third-order valence-electron chi connectivity index (χ3n) is 5.50.